The molecule has 0 saturated carbocycles. The molecule has 0 aromatic heterocycles. The van der Waals surface area contributed by atoms with E-state index in [0.717, 1.165) is 19.4 Å². The van der Waals surface area contributed by atoms with Crippen LogP contribution in [0.1, 0.15) is 33.6 Å². The Labute approximate surface area is 111 Å². The highest BCUT2D eigenvalue weighted by Crippen LogP contribution is 2.14. The molecule has 1 N–H and O–H groups in total. The van der Waals surface area contributed by atoms with Gasteiger partial charge in [0.2, 0.25) is 10.0 Å². The number of hydrogen-bond acceptors (Lipinski definition) is 4. The first kappa shape index (κ1) is 15.9. The van der Waals surface area contributed by atoms with Gasteiger partial charge in [0, 0.05) is 31.8 Å². The van der Waals surface area contributed by atoms with E-state index < -0.39 is 10.0 Å². The number of nitrogens with one attached hydrogen (secondary N) is 1. The molecule has 0 aromatic carbocycles. The molecule has 0 aromatic rings. The van der Waals surface area contributed by atoms with Gasteiger partial charge in [0.1, 0.15) is 0 Å². The molecule has 1 aliphatic rings. The van der Waals surface area contributed by atoms with Crippen LogP contribution in [0.15, 0.2) is 0 Å². The van der Waals surface area contributed by atoms with E-state index in [9.17, 15) is 8.42 Å². The fourth-order valence-corrected chi connectivity index (χ4v) is 3.36. The van der Waals surface area contributed by atoms with Crippen LogP contribution in [0.5, 0.6) is 0 Å². The van der Waals surface area contributed by atoms with Crippen LogP contribution >= 0.6 is 0 Å². The average molecular weight is 278 g/mol. The highest BCUT2D eigenvalue weighted by molar-refractivity contribution is 7.89. The molecule has 0 aliphatic carbocycles. The van der Waals surface area contributed by atoms with Crippen LogP contribution in [-0.2, 0) is 14.8 Å². The summed E-state index contributed by atoms with van der Waals surface area (Å²) in [6.45, 7) is 8.50. The molecule has 1 heterocycles. The summed E-state index contributed by atoms with van der Waals surface area (Å²) in [5.74, 6) is 0.200. The second-order valence-corrected chi connectivity index (χ2v) is 7.06. The van der Waals surface area contributed by atoms with E-state index in [-0.39, 0.29) is 5.75 Å². The van der Waals surface area contributed by atoms with Gasteiger partial charge in [-0.05, 0) is 33.6 Å². The molecule has 0 amide bonds. The molecule has 108 valence electrons. The van der Waals surface area contributed by atoms with E-state index in [2.05, 4.69) is 12.2 Å². The van der Waals surface area contributed by atoms with Crippen molar-refractivity contribution in [3.63, 3.8) is 0 Å². The quantitative estimate of drug-likeness (QED) is 0.749. The molecule has 18 heavy (non-hydrogen) atoms. The first-order chi connectivity index (χ1) is 8.49. The fourth-order valence-electron chi connectivity index (χ4n) is 2.23. The Balaban J connectivity index is 2.31. The normalized spacial score (nSPS) is 21.1. The van der Waals surface area contributed by atoms with Crippen molar-refractivity contribution in [1.82, 2.24) is 9.62 Å². The summed E-state index contributed by atoms with van der Waals surface area (Å²) >= 11 is 0. The molecule has 5 nitrogen and oxygen atoms in total. The minimum Gasteiger partial charge on any atom is -0.380 e. The summed E-state index contributed by atoms with van der Waals surface area (Å²) in [4.78, 5) is 0. The average Bonchev–Trinajstić information content (AvgIpc) is 2.37. The van der Waals surface area contributed by atoms with E-state index in [1.807, 2.05) is 6.92 Å². The third-order valence-electron chi connectivity index (χ3n) is 3.30. The zero-order valence-corrected chi connectivity index (χ0v) is 12.5. The summed E-state index contributed by atoms with van der Waals surface area (Å²) < 4.78 is 30.4. The predicted molar refractivity (Wildman–Crippen MR) is 73.1 cm³/mol. The number of ether oxygens (including phenoxy) is 1. The lowest BCUT2D eigenvalue weighted by Crippen LogP contribution is -2.48. The van der Waals surface area contributed by atoms with Crippen LogP contribution in [0.2, 0.25) is 0 Å². The Morgan fingerprint density at radius 3 is 2.44 bits per heavy atom. The van der Waals surface area contributed by atoms with Gasteiger partial charge in [-0.15, -0.1) is 0 Å². The predicted octanol–water partition coefficient (Wildman–Crippen LogP) is 0.815. The van der Waals surface area contributed by atoms with E-state index in [4.69, 9.17) is 4.74 Å². The molecular formula is C12H26N2O3S. The van der Waals surface area contributed by atoms with Crippen molar-refractivity contribution >= 4 is 10.0 Å². The highest BCUT2D eigenvalue weighted by atomic mass is 32.2. The largest absolute Gasteiger partial charge is 0.380 e. The molecule has 0 spiro atoms. The Morgan fingerprint density at radius 1 is 1.33 bits per heavy atom. The second kappa shape index (κ2) is 7.43. The van der Waals surface area contributed by atoms with Gasteiger partial charge in [0.15, 0.2) is 0 Å². The van der Waals surface area contributed by atoms with Crippen LogP contribution in [0.25, 0.3) is 0 Å². The molecule has 1 unspecified atom stereocenters. The van der Waals surface area contributed by atoms with Crippen molar-refractivity contribution in [3.8, 4) is 0 Å². The zero-order chi connectivity index (χ0) is 13.6. The molecule has 6 heteroatoms. The van der Waals surface area contributed by atoms with Gasteiger partial charge in [-0.3, -0.25) is 0 Å². The molecular weight excluding hydrogens is 252 g/mol. The van der Waals surface area contributed by atoms with Gasteiger partial charge in [-0.2, -0.15) is 0 Å². The third kappa shape index (κ3) is 4.84. The SMILES string of the molecule is CCOCC(C)NC1CCN(S(=O)(=O)CC)CC1. The first-order valence-electron chi connectivity index (χ1n) is 6.81. The minimum absolute atomic E-state index is 0.200. The maximum absolute atomic E-state index is 11.7. The molecule has 1 fully saturated rings. The second-order valence-electron chi connectivity index (χ2n) is 4.80. The van der Waals surface area contributed by atoms with Crippen LogP contribution in [0.4, 0.5) is 0 Å². The number of piperidine rings is 1. The van der Waals surface area contributed by atoms with E-state index in [1.54, 1.807) is 11.2 Å². The summed E-state index contributed by atoms with van der Waals surface area (Å²) in [5.41, 5.74) is 0. The molecule has 1 rings (SSSR count). The number of hydrogen-bond donors (Lipinski definition) is 1. The Hall–Kier alpha value is -0.170. The topological polar surface area (TPSA) is 58.6 Å². The minimum atomic E-state index is -3.01. The van der Waals surface area contributed by atoms with Crippen LogP contribution in [0, 0.1) is 0 Å². The van der Waals surface area contributed by atoms with Crippen molar-refractivity contribution in [2.45, 2.75) is 45.7 Å². The number of sulfonamides is 1. The molecule has 1 saturated heterocycles. The summed E-state index contributed by atoms with van der Waals surface area (Å²) in [7, 11) is -3.01. The summed E-state index contributed by atoms with van der Waals surface area (Å²) in [6, 6.07) is 0.730. The van der Waals surface area contributed by atoms with Crippen molar-refractivity contribution < 1.29 is 13.2 Å². The van der Waals surface area contributed by atoms with Crippen LogP contribution < -0.4 is 5.32 Å². The maximum Gasteiger partial charge on any atom is 0.213 e. The van der Waals surface area contributed by atoms with Gasteiger partial charge in [-0.25, -0.2) is 12.7 Å². The lowest BCUT2D eigenvalue weighted by atomic mass is 10.1. The van der Waals surface area contributed by atoms with Crippen molar-refractivity contribution in [2.75, 3.05) is 32.1 Å². The van der Waals surface area contributed by atoms with E-state index in [0.29, 0.717) is 31.8 Å². The van der Waals surface area contributed by atoms with Crippen molar-refractivity contribution in [2.24, 2.45) is 0 Å². The van der Waals surface area contributed by atoms with E-state index in [1.165, 1.54) is 0 Å². The monoisotopic (exact) mass is 278 g/mol. The number of rotatable bonds is 7. The van der Waals surface area contributed by atoms with Crippen LogP contribution in [-0.4, -0.2) is 56.9 Å². The lowest BCUT2D eigenvalue weighted by Gasteiger charge is -2.33. The highest BCUT2D eigenvalue weighted by Gasteiger charge is 2.26. The molecule has 0 radical (unpaired) electrons. The fraction of sp³-hybridized carbons (Fsp3) is 1.00. The van der Waals surface area contributed by atoms with Gasteiger partial charge >= 0.3 is 0 Å². The van der Waals surface area contributed by atoms with Crippen molar-refractivity contribution in [3.05, 3.63) is 0 Å². The van der Waals surface area contributed by atoms with Gasteiger partial charge in [0.25, 0.3) is 0 Å². The Kier molecular flexibility index (Phi) is 6.55. The Bertz CT molecular complexity index is 324. The maximum atomic E-state index is 11.7. The summed E-state index contributed by atoms with van der Waals surface area (Å²) in [6.07, 6.45) is 1.77. The molecule has 1 atom stereocenters. The molecule has 0 bridgehead atoms. The molecule has 1 aliphatic heterocycles. The third-order valence-corrected chi connectivity index (χ3v) is 5.19. The summed E-state index contributed by atoms with van der Waals surface area (Å²) in [5, 5.41) is 3.50. The standard InChI is InChI=1S/C12H26N2O3S/c1-4-17-10-11(3)13-12-6-8-14(9-7-12)18(15,16)5-2/h11-13H,4-10H2,1-3H3. The lowest BCUT2D eigenvalue weighted by molar-refractivity contribution is 0.119. The Morgan fingerprint density at radius 2 is 1.94 bits per heavy atom. The smallest absolute Gasteiger partial charge is 0.213 e. The van der Waals surface area contributed by atoms with Gasteiger partial charge in [-0.1, -0.05) is 0 Å². The zero-order valence-electron chi connectivity index (χ0n) is 11.7. The van der Waals surface area contributed by atoms with Gasteiger partial charge in [0.05, 0.1) is 12.4 Å². The van der Waals surface area contributed by atoms with E-state index >= 15 is 0 Å². The first-order valence-corrected chi connectivity index (χ1v) is 8.42. The van der Waals surface area contributed by atoms with Crippen LogP contribution in [0.3, 0.4) is 0 Å². The van der Waals surface area contributed by atoms with Crippen molar-refractivity contribution in [1.29, 1.82) is 0 Å². The van der Waals surface area contributed by atoms with Gasteiger partial charge < -0.3 is 10.1 Å². The number of nitrogens with zero attached hydrogens (tertiary/aromatic N) is 1.